The summed E-state index contributed by atoms with van der Waals surface area (Å²) in [6.45, 7) is 8.18. The maximum Gasteiger partial charge on any atom is 0.239 e. The van der Waals surface area contributed by atoms with Gasteiger partial charge in [-0.3, -0.25) is 14.6 Å². The average Bonchev–Trinajstić information content (AvgIpc) is 2.51. The number of hydrogen-bond donors (Lipinski definition) is 4. The molecular weight excluding hydrogens is 320 g/mol. The molecule has 1 aromatic heterocycles. The van der Waals surface area contributed by atoms with E-state index in [1.807, 2.05) is 33.8 Å². The van der Waals surface area contributed by atoms with Gasteiger partial charge in [0.05, 0.1) is 6.54 Å². The van der Waals surface area contributed by atoms with Crippen molar-refractivity contribution in [2.75, 3.05) is 25.5 Å². The number of carbonyl (C=O) groups excluding carboxylic acids is 2. The molecule has 1 rings (SSSR count). The van der Waals surface area contributed by atoms with E-state index in [-0.39, 0.29) is 30.3 Å². The first-order valence-electron chi connectivity index (χ1n) is 8.17. The maximum absolute atomic E-state index is 11.9. The van der Waals surface area contributed by atoms with E-state index in [0.29, 0.717) is 18.3 Å². The quantitative estimate of drug-likeness (QED) is 0.449. The van der Waals surface area contributed by atoms with Gasteiger partial charge in [-0.15, -0.1) is 0 Å². The number of carbonyl (C=O) groups is 2. The minimum absolute atomic E-state index is 0.108. The Labute approximate surface area is 148 Å². The standard InChI is InChI=1S/C17H28N6O2/c1-12-6-7-13(20-10-12)22-14(24)8-9-19-16(18-5)21-11-15(25)23-17(2,3)4/h6-7,10H,8-9,11H2,1-5H3,(H,23,25)(H2,18,19,21)(H,20,22,24). The molecule has 1 aromatic rings. The van der Waals surface area contributed by atoms with Gasteiger partial charge in [0.25, 0.3) is 0 Å². The normalized spacial score (nSPS) is 11.6. The molecular formula is C17H28N6O2. The van der Waals surface area contributed by atoms with Crippen LogP contribution >= 0.6 is 0 Å². The lowest BCUT2D eigenvalue weighted by Crippen LogP contribution is -2.48. The van der Waals surface area contributed by atoms with Crippen LogP contribution in [0.2, 0.25) is 0 Å². The largest absolute Gasteiger partial charge is 0.356 e. The van der Waals surface area contributed by atoms with Crippen molar-refractivity contribution in [1.29, 1.82) is 0 Å². The fourth-order valence-corrected chi connectivity index (χ4v) is 1.89. The van der Waals surface area contributed by atoms with Crippen molar-refractivity contribution in [3.63, 3.8) is 0 Å². The van der Waals surface area contributed by atoms with Gasteiger partial charge in [-0.1, -0.05) is 6.07 Å². The van der Waals surface area contributed by atoms with E-state index in [4.69, 9.17) is 0 Å². The Hall–Kier alpha value is -2.64. The molecule has 2 amide bonds. The zero-order chi connectivity index (χ0) is 18.9. The van der Waals surface area contributed by atoms with E-state index in [0.717, 1.165) is 5.56 Å². The van der Waals surface area contributed by atoms with Gasteiger partial charge in [0.1, 0.15) is 5.82 Å². The van der Waals surface area contributed by atoms with E-state index >= 15 is 0 Å². The highest BCUT2D eigenvalue weighted by atomic mass is 16.2. The zero-order valence-corrected chi connectivity index (χ0v) is 15.6. The molecule has 0 spiro atoms. The molecule has 0 aliphatic heterocycles. The van der Waals surface area contributed by atoms with Gasteiger partial charge in [-0.25, -0.2) is 4.98 Å². The Morgan fingerprint density at radius 2 is 1.88 bits per heavy atom. The monoisotopic (exact) mass is 348 g/mol. The summed E-state index contributed by atoms with van der Waals surface area (Å²) in [4.78, 5) is 31.8. The molecule has 25 heavy (non-hydrogen) atoms. The molecule has 0 unspecified atom stereocenters. The van der Waals surface area contributed by atoms with Crippen LogP contribution < -0.4 is 21.3 Å². The molecule has 8 heteroatoms. The Morgan fingerprint density at radius 1 is 1.16 bits per heavy atom. The number of rotatable bonds is 6. The van der Waals surface area contributed by atoms with Gasteiger partial charge < -0.3 is 21.3 Å². The number of anilines is 1. The second kappa shape index (κ2) is 9.61. The van der Waals surface area contributed by atoms with Crippen LogP contribution in [0.4, 0.5) is 5.82 Å². The molecule has 1 heterocycles. The second-order valence-corrected chi connectivity index (χ2v) is 6.67. The molecule has 0 fully saturated rings. The first kappa shape index (κ1) is 20.4. The molecule has 0 saturated carbocycles. The van der Waals surface area contributed by atoms with Crippen molar-refractivity contribution in [3.8, 4) is 0 Å². The SMILES string of the molecule is CN=C(NCCC(=O)Nc1ccc(C)cn1)NCC(=O)NC(C)(C)C. The van der Waals surface area contributed by atoms with Crippen molar-refractivity contribution in [2.24, 2.45) is 4.99 Å². The van der Waals surface area contributed by atoms with Crippen LogP contribution in [0.3, 0.4) is 0 Å². The van der Waals surface area contributed by atoms with Crippen LogP contribution in [0.25, 0.3) is 0 Å². The number of guanidine groups is 1. The number of aromatic nitrogens is 1. The van der Waals surface area contributed by atoms with Gasteiger partial charge in [0.15, 0.2) is 5.96 Å². The number of aliphatic imine (C=N–C) groups is 1. The van der Waals surface area contributed by atoms with Gasteiger partial charge in [0.2, 0.25) is 11.8 Å². The minimum atomic E-state index is -0.280. The van der Waals surface area contributed by atoms with Crippen LogP contribution in [0.1, 0.15) is 32.8 Å². The topological polar surface area (TPSA) is 108 Å². The molecule has 4 N–H and O–H groups in total. The summed E-state index contributed by atoms with van der Waals surface area (Å²) in [5.74, 6) is 0.714. The Kier molecular flexibility index (Phi) is 7.84. The first-order chi connectivity index (χ1) is 11.7. The summed E-state index contributed by atoms with van der Waals surface area (Å²) in [5, 5.41) is 11.5. The van der Waals surface area contributed by atoms with E-state index in [9.17, 15) is 9.59 Å². The van der Waals surface area contributed by atoms with Gasteiger partial charge in [-0.05, 0) is 39.3 Å². The number of amides is 2. The number of nitrogens with zero attached hydrogens (tertiary/aromatic N) is 2. The van der Waals surface area contributed by atoms with Gasteiger partial charge >= 0.3 is 0 Å². The highest BCUT2D eigenvalue weighted by Gasteiger charge is 2.13. The predicted molar refractivity (Wildman–Crippen MR) is 99.5 cm³/mol. The van der Waals surface area contributed by atoms with E-state index < -0.39 is 0 Å². The van der Waals surface area contributed by atoms with Crippen molar-refractivity contribution in [1.82, 2.24) is 20.9 Å². The summed E-state index contributed by atoms with van der Waals surface area (Å²) in [6, 6.07) is 3.64. The Bertz CT molecular complexity index is 605. The summed E-state index contributed by atoms with van der Waals surface area (Å²) < 4.78 is 0. The average molecular weight is 348 g/mol. The summed E-state index contributed by atoms with van der Waals surface area (Å²) >= 11 is 0. The van der Waals surface area contributed by atoms with E-state index in [2.05, 4.69) is 31.2 Å². The van der Waals surface area contributed by atoms with Crippen LogP contribution in [0, 0.1) is 6.92 Å². The van der Waals surface area contributed by atoms with Crippen LogP contribution in [0.15, 0.2) is 23.3 Å². The van der Waals surface area contributed by atoms with E-state index in [1.54, 1.807) is 19.3 Å². The molecule has 0 aromatic carbocycles. The zero-order valence-electron chi connectivity index (χ0n) is 15.6. The first-order valence-corrected chi connectivity index (χ1v) is 8.17. The number of aryl methyl sites for hydroxylation is 1. The van der Waals surface area contributed by atoms with Crippen molar-refractivity contribution in [2.45, 2.75) is 39.7 Å². The smallest absolute Gasteiger partial charge is 0.239 e. The predicted octanol–water partition coefficient (Wildman–Crippen LogP) is 0.798. The molecule has 0 radical (unpaired) electrons. The number of nitrogens with one attached hydrogen (secondary N) is 4. The van der Waals surface area contributed by atoms with Gasteiger partial charge in [0, 0.05) is 31.7 Å². The molecule has 0 atom stereocenters. The number of pyridine rings is 1. The van der Waals surface area contributed by atoms with E-state index in [1.165, 1.54) is 0 Å². The van der Waals surface area contributed by atoms with Crippen molar-refractivity contribution in [3.05, 3.63) is 23.9 Å². The lowest BCUT2D eigenvalue weighted by Gasteiger charge is -2.21. The molecule has 0 bridgehead atoms. The third kappa shape index (κ3) is 9.29. The fraction of sp³-hybridized carbons (Fsp3) is 0.529. The highest BCUT2D eigenvalue weighted by molar-refractivity contribution is 5.90. The fourth-order valence-electron chi connectivity index (χ4n) is 1.89. The molecule has 0 saturated heterocycles. The van der Waals surface area contributed by atoms with Crippen molar-refractivity contribution >= 4 is 23.6 Å². The van der Waals surface area contributed by atoms with Crippen LogP contribution in [-0.4, -0.2) is 48.4 Å². The summed E-state index contributed by atoms with van der Waals surface area (Å²) in [5.41, 5.74) is 0.752. The Morgan fingerprint density at radius 3 is 2.44 bits per heavy atom. The molecule has 0 aliphatic rings. The van der Waals surface area contributed by atoms with Crippen LogP contribution in [0.5, 0.6) is 0 Å². The molecule has 0 aliphatic carbocycles. The molecule has 8 nitrogen and oxygen atoms in total. The second-order valence-electron chi connectivity index (χ2n) is 6.67. The maximum atomic E-state index is 11.9. The number of hydrogen-bond acceptors (Lipinski definition) is 4. The lowest BCUT2D eigenvalue weighted by molar-refractivity contribution is -0.121. The Balaban J connectivity index is 2.29. The summed E-state index contributed by atoms with van der Waals surface area (Å²) in [7, 11) is 1.60. The third-order valence-corrected chi connectivity index (χ3v) is 2.98. The minimum Gasteiger partial charge on any atom is -0.356 e. The summed E-state index contributed by atoms with van der Waals surface area (Å²) in [6.07, 6.45) is 1.95. The van der Waals surface area contributed by atoms with Crippen LogP contribution in [-0.2, 0) is 9.59 Å². The van der Waals surface area contributed by atoms with Crippen molar-refractivity contribution < 1.29 is 9.59 Å². The highest BCUT2D eigenvalue weighted by Crippen LogP contribution is 2.03. The lowest BCUT2D eigenvalue weighted by atomic mass is 10.1. The third-order valence-electron chi connectivity index (χ3n) is 2.98. The van der Waals surface area contributed by atoms with Gasteiger partial charge in [-0.2, -0.15) is 0 Å². The molecule has 138 valence electrons.